The lowest BCUT2D eigenvalue weighted by molar-refractivity contribution is -0.136. The van der Waals surface area contributed by atoms with Gasteiger partial charge >= 0.3 is 18.0 Å². The Labute approximate surface area is 303 Å². The molecular weight excluding hydrogens is 711 g/mol. The van der Waals surface area contributed by atoms with E-state index in [4.69, 9.17) is 42.5 Å². The highest BCUT2D eigenvalue weighted by Gasteiger charge is 2.57. The third-order valence-corrected chi connectivity index (χ3v) is 9.16. The van der Waals surface area contributed by atoms with E-state index in [-0.39, 0.29) is 43.6 Å². The fourth-order valence-corrected chi connectivity index (χ4v) is 6.76. The predicted molar refractivity (Wildman–Crippen MR) is 186 cm³/mol. The van der Waals surface area contributed by atoms with Gasteiger partial charge < -0.3 is 35.3 Å². The summed E-state index contributed by atoms with van der Waals surface area (Å²) in [4.78, 5) is 49.5. The first-order valence-corrected chi connectivity index (χ1v) is 16.6. The Morgan fingerprint density at radius 3 is 2.37 bits per heavy atom. The number of rotatable bonds is 11. The summed E-state index contributed by atoms with van der Waals surface area (Å²) in [6, 6.07) is 11.2. The van der Waals surface area contributed by atoms with Crippen LogP contribution in [0.25, 0.3) is 0 Å². The highest BCUT2D eigenvalue weighted by molar-refractivity contribution is 6.31. The van der Waals surface area contributed by atoms with Crippen molar-refractivity contribution in [2.45, 2.75) is 70.7 Å². The molecule has 1 aliphatic rings. The molecular formula is C36H39Cl2F2N3O8. The number of hydrogen-bond acceptors (Lipinski definition) is 8. The lowest BCUT2D eigenvalue weighted by Gasteiger charge is -2.40. The molecule has 0 radical (unpaired) electrons. The molecule has 0 bridgehead atoms. The van der Waals surface area contributed by atoms with E-state index in [0.29, 0.717) is 6.42 Å². The fourth-order valence-electron chi connectivity index (χ4n) is 6.42. The summed E-state index contributed by atoms with van der Waals surface area (Å²) in [5.41, 5.74) is -1.02. The molecule has 1 aliphatic heterocycles. The number of aliphatic carboxylic acids is 1. The molecule has 0 aliphatic carbocycles. The number of hydrogen-bond donors (Lipinski definition) is 4. The largest absolute Gasteiger partial charge is 0.495 e. The maximum Gasteiger partial charge on any atom is 0.410 e. The Morgan fingerprint density at radius 2 is 1.75 bits per heavy atom. The molecule has 2 unspecified atom stereocenters. The van der Waals surface area contributed by atoms with E-state index in [1.54, 1.807) is 25.1 Å². The van der Waals surface area contributed by atoms with Crippen molar-refractivity contribution >= 4 is 52.8 Å². The summed E-state index contributed by atoms with van der Waals surface area (Å²) in [5, 5.41) is 16.9. The zero-order valence-electron chi connectivity index (χ0n) is 28.7. The average Bonchev–Trinajstić information content (AvgIpc) is 3.32. The van der Waals surface area contributed by atoms with Gasteiger partial charge in [-0.1, -0.05) is 69.1 Å². The van der Waals surface area contributed by atoms with E-state index in [1.165, 1.54) is 50.4 Å². The van der Waals surface area contributed by atoms with Crippen molar-refractivity contribution in [1.29, 1.82) is 0 Å². The Morgan fingerprint density at radius 1 is 1.04 bits per heavy atom. The molecule has 0 spiro atoms. The van der Waals surface area contributed by atoms with E-state index in [2.05, 4.69) is 10.6 Å². The first kappa shape index (κ1) is 39.3. The van der Waals surface area contributed by atoms with E-state index in [9.17, 15) is 19.2 Å². The maximum atomic E-state index is 16.0. The molecule has 1 saturated heterocycles. The molecule has 11 nitrogen and oxygen atoms in total. The van der Waals surface area contributed by atoms with Gasteiger partial charge in [-0.15, -0.1) is 0 Å². The van der Waals surface area contributed by atoms with Crippen LogP contribution in [0.15, 0.2) is 54.6 Å². The van der Waals surface area contributed by atoms with E-state index in [1.807, 2.05) is 26.1 Å². The number of anilines is 1. The molecule has 0 saturated carbocycles. The summed E-state index contributed by atoms with van der Waals surface area (Å²) < 4.78 is 47.2. The molecule has 51 heavy (non-hydrogen) atoms. The minimum atomic E-state index is -1.38. The third kappa shape index (κ3) is 9.07. The number of methoxy groups -OCH3 is 1. The summed E-state index contributed by atoms with van der Waals surface area (Å²) in [7, 11) is 1.32. The number of amides is 2. The molecule has 1 fully saturated rings. The number of carboxylic acid groups (broad SMARTS) is 1. The Balaban J connectivity index is 1.69. The van der Waals surface area contributed by atoms with Crippen molar-refractivity contribution in [3.05, 3.63) is 93.0 Å². The molecule has 15 heteroatoms. The Kier molecular flexibility index (Phi) is 12.2. The molecule has 2 amide bonds. The first-order chi connectivity index (χ1) is 23.8. The molecule has 5 atom stereocenters. The Bertz CT molecular complexity index is 1820. The number of ether oxygens (including phenoxy) is 3. The van der Waals surface area contributed by atoms with Gasteiger partial charge in [0.1, 0.15) is 23.9 Å². The average molecular weight is 751 g/mol. The first-order valence-electron chi connectivity index (χ1n) is 15.9. The van der Waals surface area contributed by atoms with Gasteiger partial charge in [0.25, 0.3) is 0 Å². The number of carboxylic acids is 1. The summed E-state index contributed by atoms with van der Waals surface area (Å²) >= 11 is 12.4. The second-order valence-corrected chi connectivity index (χ2v) is 14.4. The van der Waals surface area contributed by atoms with Gasteiger partial charge in [0.15, 0.2) is 0 Å². The van der Waals surface area contributed by atoms with Crippen LogP contribution in [0.3, 0.4) is 0 Å². The van der Waals surface area contributed by atoms with Crippen molar-refractivity contribution in [2.24, 2.45) is 5.41 Å². The lowest BCUT2D eigenvalue weighted by Crippen LogP contribution is -2.44. The molecule has 4 N–H and O–H groups in total. The zero-order valence-corrected chi connectivity index (χ0v) is 30.2. The van der Waals surface area contributed by atoms with E-state index >= 15 is 8.78 Å². The molecule has 1 heterocycles. The second kappa shape index (κ2) is 15.8. The van der Waals surface area contributed by atoms with Crippen LogP contribution in [0.5, 0.6) is 5.75 Å². The number of carbonyl (C=O) groups excluding carboxylic acids is 3. The maximum absolute atomic E-state index is 16.0. The molecule has 3 aromatic carbocycles. The van der Waals surface area contributed by atoms with Crippen molar-refractivity contribution in [2.75, 3.05) is 19.0 Å². The van der Waals surface area contributed by atoms with Gasteiger partial charge in [-0.3, -0.25) is 9.59 Å². The van der Waals surface area contributed by atoms with E-state index < -0.39 is 71.8 Å². The van der Waals surface area contributed by atoms with Crippen LogP contribution in [0.2, 0.25) is 10.0 Å². The van der Waals surface area contributed by atoms with Gasteiger partial charge in [-0.2, -0.15) is 0 Å². The van der Waals surface area contributed by atoms with Crippen molar-refractivity contribution in [3.8, 4) is 5.75 Å². The number of carbonyl (C=O) groups is 4. The topological polar surface area (TPSA) is 152 Å². The van der Waals surface area contributed by atoms with Crippen LogP contribution in [0.4, 0.5) is 19.3 Å². The normalized spacial score (nSPS) is 20.6. The SMILES string of the molecule is COc1cc(C(=O)OC(C)OC(=O)NCC(=O)O)ccc1NC(=O)[C@@H]1NC(CC(C)(C)C)[C@](C)(c2ccc(Cl)cc2F)[C@H]1c1cccc(Cl)c1F. The Hall–Kier alpha value is -4.46. The van der Waals surface area contributed by atoms with Crippen LogP contribution in [0.1, 0.15) is 68.4 Å². The monoisotopic (exact) mass is 749 g/mol. The van der Waals surface area contributed by atoms with Crippen LogP contribution >= 0.6 is 23.2 Å². The fraction of sp³-hybridized carbons (Fsp3) is 0.389. The summed E-state index contributed by atoms with van der Waals surface area (Å²) in [6.07, 6.45) is -2.02. The van der Waals surface area contributed by atoms with Crippen LogP contribution in [-0.4, -0.2) is 61.1 Å². The van der Waals surface area contributed by atoms with Crippen molar-refractivity contribution in [3.63, 3.8) is 0 Å². The van der Waals surface area contributed by atoms with E-state index in [0.717, 1.165) is 0 Å². The van der Waals surface area contributed by atoms with Crippen molar-refractivity contribution in [1.82, 2.24) is 10.6 Å². The second-order valence-electron chi connectivity index (χ2n) is 13.5. The highest BCUT2D eigenvalue weighted by Crippen LogP contribution is 2.53. The minimum absolute atomic E-state index is 0.0276. The molecule has 4 rings (SSSR count). The number of nitrogens with one attached hydrogen (secondary N) is 3. The number of esters is 1. The minimum Gasteiger partial charge on any atom is -0.495 e. The van der Waals surface area contributed by atoms with Gasteiger partial charge in [-0.05, 0) is 59.4 Å². The van der Waals surface area contributed by atoms with Crippen molar-refractivity contribution < 1.29 is 47.3 Å². The smallest absolute Gasteiger partial charge is 0.410 e. The van der Waals surface area contributed by atoms with Gasteiger partial charge in [0.2, 0.25) is 12.2 Å². The number of benzene rings is 3. The standard InChI is InChI=1S/C36H39Cl2F2N3O8/c1-18(51-34(48)41-17-28(44)45)50-33(47)19-10-13-25(26(14-19)49-6)42-32(46)31-29(21-8-7-9-23(38)30(21)40)36(5,27(43-31)16-35(2,3)4)22-12-11-20(37)15-24(22)39/h7-15,18,27,29,31,43H,16-17H2,1-6H3,(H,41,48)(H,42,46)(H,44,45)/t18?,27?,29-,31+,36-/m0/s1. The predicted octanol–water partition coefficient (Wildman–Crippen LogP) is 7.05. The third-order valence-electron chi connectivity index (χ3n) is 8.64. The molecule has 0 aromatic heterocycles. The van der Waals surface area contributed by atoms with Crippen LogP contribution < -0.4 is 20.7 Å². The zero-order chi connectivity index (χ0) is 37.8. The van der Waals surface area contributed by atoms with Crippen LogP contribution in [-0.2, 0) is 24.5 Å². The van der Waals surface area contributed by atoms with Gasteiger partial charge in [-0.25, -0.2) is 18.4 Å². The number of halogens is 4. The summed E-state index contributed by atoms with van der Waals surface area (Å²) in [6.45, 7) is 8.39. The molecule has 274 valence electrons. The quantitative estimate of drug-likeness (QED) is 0.119. The summed E-state index contributed by atoms with van der Waals surface area (Å²) in [5.74, 6) is -5.06. The van der Waals surface area contributed by atoms with Gasteiger partial charge in [0, 0.05) is 29.3 Å². The number of alkyl carbamates (subject to hydrolysis) is 1. The van der Waals surface area contributed by atoms with Gasteiger partial charge in [0.05, 0.1) is 29.4 Å². The highest BCUT2D eigenvalue weighted by atomic mass is 35.5. The molecule has 3 aromatic rings. The van der Waals surface area contributed by atoms with Crippen LogP contribution in [0, 0.1) is 17.0 Å². The lowest BCUT2D eigenvalue weighted by atomic mass is 9.63.